The van der Waals surface area contributed by atoms with Crippen molar-refractivity contribution >= 4 is 21.7 Å². The quantitative estimate of drug-likeness (QED) is 0.772. The third-order valence-corrected chi connectivity index (χ3v) is 3.49. The fourth-order valence-electron chi connectivity index (χ4n) is 1.36. The molecule has 0 aliphatic heterocycles. The van der Waals surface area contributed by atoms with Gasteiger partial charge in [-0.05, 0) is 24.3 Å². The van der Waals surface area contributed by atoms with Gasteiger partial charge in [0.2, 0.25) is 0 Å². The molecule has 0 spiro atoms. The number of benzene rings is 1. The number of hydrogen-bond acceptors (Lipinski definition) is 5. The minimum absolute atomic E-state index is 0.0493. The minimum atomic E-state index is -3.78. The van der Waals surface area contributed by atoms with Gasteiger partial charge in [0.25, 0.3) is 10.0 Å². The maximum absolute atomic E-state index is 12.0. The predicted octanol–water partition coefficient (Wildman–Crippen LogP) is 1.17. The molecule has 0 saturated carbocycles. The first kappa shape index (κ1) is 12.2. The van der Waals surface area contributed by atoms with Crippen molar-refractivity contribution in [3.8, 4) is 5.75 Å². The molecular weight excluding hydrogens is 254 g/mol. The zero-order valence-corrected chi connectivity index (χ0v) is 10.1. The van der Waals surface area contributed by atoms with Crippen LogP contribution in [-0.4, -0.2) is 18.5 Å². The fourth-order valence-corrected chi connectivity index (χ4v) is 2.40. The molecule has 0 atom stereocenters. The number of hydrogen-bond donors (Lipinski definition) is 3. The van der Waals surface area contributed by atoms with Crippen molar-refractivity contribution in [1.82, 2.24) is 4.98 Å². The molecule has 0 fully saturated rings. The molecule has 6 nitrogen and oxygen atoms in total. The highest BCUT2D eigenvalue weighted by atomic mass is 32.2. The van der Waals surface area contributed by atoms with Crippen LogP contribution in [0.3, 0.4) is 0 Å². The van der Waals surface area contributed by atoms with Gasteiger partial charge in [0.15, 0.2) is 0 Å². The topological polar surface area (TPSA) is 105 Å². The van der Waals surface area contributed by atoms with E-state index in [1.165, 1.54) is 24.3 Å². The molecule has 1 aromatic heterocycles. The molecule has 4 N–H and O–H groups in total. The van der Waals surface area contributed by atoms with Gasteiger partial charge in [-0.15, -0.1) is 0 Å². The summed E-state index contributed by atoms with van der Waals surface area (Å²) in [5, 5.41) is 9.26. The largest absolute Gasteiger partial charge is 0.508 e. The van der Waals surface area contributed by atoms with Crippen LogP contribution in [0.25, 0.3) is 0 Å². The van der Waals surface area contributed by atoms with E-state index in [4.69, 9.17) is 5.73 Å². The molecule has 7 heteroatoms. The van der Waals surface area contributed by atoms with Crippen molar-refractivity contribution < 1.29 is 13.5 Å². The number of phenols is 1. The molecule has 0 saturated heterocycles. The van der Waals surface area contributed by atoms with Crippen molar-refractivity contribution in [1.29, 1.82) is 0 Å². The molecule has 18 heavy (non-hydrogen) atoms. The van der Waals surface area contributed by atoms with Crippen LogP contribution >= 0.6 is 0 Å². The number of phenolic OH excluding ortho intramolecular Hbond substituents is 1. The van der Waals surface area contributed by atoms with E-state index in [2.05, 4.69) is 9.71 Å². The molecule has 0 radical (unpaired) electrons. The number of sulfonamides is 1. The maximum Gasteiger partial charge on any atom is 0.263 e. The van der Waals surface area contributed by atoms with Crippen LogP contribution in [0.2, 0.25) is 0 Å². The number of nitrogens with zero attached hydrogens (tertiary/aromatic N) is 1. The molecular formula is C11H11N3O3S. The van der Waals surface area contributed by atoms with E-state index >= 15 is 0 Å². The molecule has 2 aromatic rings. The summed E-state index contributed by atoms with van der Waals surface area (Å²) in [6.07, 6.45) is 0. The Morgan fingerprint density at radius 3 is 2.56 bits per heavy atom. The summed E-state index contributed by atoms with van der Waals surface area (Å²) in [4.78, 5) is 3.78. The van der Waals surface area contributed by atoms with Gasteiger partial charge in [0.05, 0.1) is 4.90 Å². The molecule has 0 aliphatic rings. The lowest BCUT2D eigenvalue weighted by molar-refractivity contribution is 0.473. The highest BCUT2D eigenvalue weighted by Crippen LogP contribution is 2.18. The van der Waals surface area contributed by atoms with Gasteiger partial charge in [0, 0.05) is 6.07 Å². The second-order valence-corrected chi connectivity index (χ2v) is 5.23. The average molecular weight is 265 g/mol. The van der Waals surface area contributed by atoms with Gasteiger partial charge in [-0.2, -0.15) is 0 Å². The van der Waals surface area contributed by atoms with Gasteiger partial charge in [0.1, 0.15) is 17.4 Å². The lowest BCUT2D eigenvalue weighted by atomic mass is 10.3. The smallest absolute Gasteiger partial charge is 0.263 e. The van der Waals surface area contributed by atoms with Gasteiger partial charge in [-0.3, -0.25) is 4.72 Å². The Balaban J connectivity index is 2.33. The molecule has 2 rings (SSSR count). The summed E-state index contributed by atoms with van der Waals surface area (Å²) in [5.74, 6) is 0.211. The van der Waals surface area contributed by atoms with E-state index in [0.29, 0.717) is 0 Å². The van der Waals surface area contributed by atoms with Crippen molar-refractivity contribution in [2.24, 2.45) is 0 Å². The zero-order valence-electron chi connectivity index (χ0n) is 9.24. The van der Waals surface area contributed by atoms with Gasteiger partial charge < -0.3 is 10.8 Å². The lowest BCUT2D eigenvalue weighted by Crippen LogP contribution is -2.14. The minimum Gasteiger partial charge on any atom is -0.508 e. The van der Waals surface area contributed by atoms with Gasteiger partial charge in [-0.1, -0.05) is 12.1 Å². The van der Waals surface area contributed by atoms with Crippen LogP contribution in [-0.2, 0) is 10.0 Å². The maximum atomic E-state index is 12.0. The van der Waals surface area contributed by atoms with E-state index in [9.17, 15) is 13.5 Å². The monoisotopic (exact) mass is 265 g/mol. The molecule has 0 aliphatic carbocycles. The Bertz CT molecular complexity index is 671. The molecule has 1 aromatic carbocycles. The molecule has 0 amide bonds. The first-order valence-corrected chi connectivity index (χ1v) is 6.50. The summed E-state index contributed by atoms with van der Waals surface area (Å²) in [6.45, 7) is 0. The first-order valence-electron chi connectivity index (χ1n) is 5.02. The lowest BCUT2D eigenvalue weighted by Gasteiger charge is -2.07. The third kappa shape index (κ3) is 2.69. The number of aromatic nitrogens is 1. The summed E-state index contributed by atoms with van der Waals surface area (Å²) < 4.78 is 26.2. The van der Waals surface area contributed by atoms with Gasteiger partial charge >= 0.3 is 0 Å². The van der Waals surface area contributed by atoms with E-state index < -0.39 is 10.0 Å². The third-order valence-electron chi connectivity index (χ3n) is 2.14. The highest BCUT2D eigenvalue weighted by Gasteiger charge is 2.15. The SMILES string of the molecule is Nc1cccc(NS(=O)(=O)c2cccc(O)c2)n1. The molecule has 94 valence electrons. The number of nitrogen functional groups attached to an aromatic ring is 1. The zero-order chi connectivity index (χ0) is 13.2. The molecule has 0 unspecified atom stereocenters. The Morgan fingerprint density at radius 2 is 1.89 bits per heavy atom. The number of anilines is 2. The van der Waals surface area contributed by atoms with Crippen molar-refractivity contribution in [2.75, 3.05) is 10.5 Å². The standard InChI is InChI=1S/C11H11N3O3S/c12-10-5-2-6-11(13-10)14-18(16,17)9-4-1-3-8(15)7-9/h1-7,15H,(H3,12,13,14). The van der Waals surface area contributed by atoms with E-state index in [1.807, 2.05) is 0 Å². The van der Waals surface area contributed by atoms with E-state index in [-0.39, 0.29) is 22.3 Å². The molecule has 1 heterocycles. The number of rotatable bonds is 3. The Hall–Kier alpha value is -2.28. The summed E-state index contributed by atoms with van der Waals surface area (Å²) >= 11 is 0. The molecule has 0 bridgehead atoms. The summed E-state index contributed by atoms with van der Waals surface area (Å²) in [7, 11) is -3.78. The number of pyridine rings is 1. The second-order valence-electron chi connectivity index (χ2n) is 3.55. The van der Waals surface area contributed by atoms with Crippen molar-refractivity contribution in [3.05, 3.63) is 42.5 Å². The van der Waals surface area contributed by atoms with Gasteiger partial charge in [-0.25, -0.2) is 13.4 Å². The van der Waals surface area contributed by atoms with Crippen LogP contribution in [0.5, 0.6) is 5.75 Å². The second kappa shape index (κ2) is 4.53. The Morgan fingerprint density at radius 1 is 1.17 bits per heavy atom. The Kier molecular flexibility index (Phi) is 3.07. The number of nitrogens with two attached hydrogens (primary N) is 1. The van der Waals surface area contributed by atoms with Crippen molar-refractivity contribution in [3.63, 3.8) is 0 Å². The number of aromatic hydroxyl groups is 1. The normalized spacial score (nSPS) is 11.1. The predicted molar refractivity (Wildman–Crippen MR) is 67.6 cm³/mol. The van der Waals surface area contributed by atoms with Crippen LogP contribution in [0.15, 0.2) is 47.4 Å². The highest BCUT2D eigenvalue weighted by molar-refractivity contribution is 7.92. The van der Waals surface area contributed by atoms with Crippen LogP contribution in [0.4, 0.5) is 11.6 Å². The Labute approximate surface area is 104 Å². The van der Waals surface area contributed by atoms with Crippen LogP contribution in [0.1, 0.15) is 0 Å². The van der Waals surface area contributed by atoms with Crippen LogP contribution in [0, 0.1) is 0 Å². The van der Waals surface area contributed by atoms with Crippen LogP contribution < -0.4 is 10.5 Å². The fraction of sp³-hybridized carbons (Fsp3) is 0. The van der Waals surface area contributed by atoms with Crippen molar-refractivity contribution in [2.45, 2.75) is 4.90 Å². The average Bonchev–Trinajstić information content (AvgIpc) is 2.28. The van der Waals surface area contributed by atoms with E-state index in [0.717, 1.165) is 6.07 Å². The number of nitrogens with one attached hydrogen (secondary N) is 1. The first-order chi connectivity index (χ1) is 8.47. The summed E-state index contributed by atoms with van der Waals surface area (Å²) in [6, 6.07) is 9.96. The van der Waals surface area contributed by atoms with E-state index in [1.54, 1.807) is 12.1 Å². The summed E-state index contributed by atoms with van der Waals surface area (Å²) in [5.41, 5.74) is 5.45.